The maximum Gasteiger partial charge on any atom is 0.407 e. The molecule has 1 N–H and O–H groups in total. The summed E-state index contributed by atoms with van der Waals surface area (Å²) in [7, 11) is 0. The van der Waals surface area contributed by atoms with Crippen LogP contribution in [0.3, 0.4) is 0 Å². The standard InChI is InChI=1S/C16H29N3O3/c1-16(2)9-13(3-4-19(16)15(20)21)10-17-5-7-18(8-6-17)14-11-22-12-14/h13-14H,3-12H2,1-2H3,(H,20,21). The zero-order valence-electron chi connectivity index (χ0n) is 13.8. The lowest BCUT2D eigenvalue weighted by atomic mass is 9.82. The first kappa shape index (κ1) is 16.0. The lowest BCUT2D eigenvalue weighted by molar-refractivity contribution is -0.0785. The van der Waals surface area contributed by atoms with Gasteiger partial charge in [0.05, 0.1) is 19.3 Å². The molecule has 3 saturated heterocycles. The van der Waals surface area contributed by atoms with Crippen molar-refractivity contribution in [2.45, 2.75) is 38.3 Å². The molecule has 0 spiro atoms. The number of ether oxygens (including phenoxy) is 1. The van der Waals surface area contributed by atoms with E-state index in [4.69, 9.17) is 4.74 Å². The van der Waals surface area contributed by atoms with Crippen molar-refractivity contribution in [3.8, 4) is 0 Å². The second-order valence-corrected chi connectivity index (χ2v) is 7.63. The van der Waals surface area contributed by atoms with Crippen molar-refractivity contribution in [1.29, 1.82) is 0 Å². The Morgan fingerprint density at radius 3 is 2.36 bits per heavy atom. The second kappa shape index (κ2) is 6.34. The Labute approximate surface area is 133 Å². The average molecular weight is 311 g/mol. The predicted molar refractivity (Wildman–Crippen MR) is 84.2 cm³/mol. The van der Waals surface area contributed by atoms with E-state index < -0.39 is 6.09 Å². The summed E-state index contributed by atoms with van der Waals surface area (Å²) < 4.78 is 5.28. The van der Waals surface area contributed by atoms with Gasteiger partial charge in [-0.05, 0) is 32.6 Å². The molecule has 0 bridgehead atoms. The van der Waals surface area contributed by atoms with E-state index in [9.17, 15) is 9.90 Å². The van der Waals surface area contributed by atoms with Crippen molar-refractivity contribution in [3.63, 3.8) is 0 Å². The third-order valence-corrected chi connectivity index (χ3v) is 5.57. The predicted octanol–water partition coefficient (Wildman–Crippen LogP) is 1.17. The smallest absolute Gasteiger partial charge is 0.407 e. The van der Waals surface area contributed by atoms with Gasteiger partial charge in [0.2, 0.25) is 0 Å². The molecule has 0 aliphatic carbocycles. The van der Waals surface area contributed by atoms with Crippen molar-refractivity contribution in [2.24, 2.45) is 5.92 Å². The van der Waals surface area contributed by atoms with E-state index in [-0.39, 0.29) is 5.54 Å². The number of piperazine rings is 1. The first-order chi connectivity index (χ1) is 10.5. The highest BCUT2D eigenvalue weighted by Crippen LogP contribution is 2.32. The molecule has 0 aromatic carbocycles. The van der Waals surface area contributed by atoms with Gasteiger partial charge in [-0.15, -0.1) is 0 Å². The van der Waals surface area contributed by atoms with E-state index in [1.54, 1.807) is 4.90 Å². The summed E-state index contributed by atoms with van der Waals surface area (Å²) in [5.74, 6) is 0.615. The highest BCUT2D eigenvalue weighted by atomic mass is 16.5. The van der Waals surface area contributed by atoms with Crippen LogP contribution in [0.2, 0.25) is 0 Å². The molecule has 1 amide bonds. The lowest BCUT2D eigenvalue weighted by Crippen LogP contribution is -2.58. The van der Waals surface area contributed by atoms with E-state index in [2.05, 4.69) is 23.6 Å². The number of amides is 1. The molecule has 6 nitrogen and oxygen atoms in total. The maximum absolute atomic E-state index is 11.3. The van der Waals surface area contributed by atoms with E-state index in [0.717, 1.165) is 58.8 Å². The van der Waals surface area contributed by atoms with Crippen LogP contribution in [0, 0.1) is 5.92 Å². The first-order valence-electron chi connectivity index (χ1n) is 8.50. The average Bonchev–Trinajstić information content (AvgIpc) is 2.37. The van der Waals surface area contributed by atoms with E-state index in [0.29, 0.717) is 18.5 Å². The molecular weight excluding hydrogens is 282 g/mol. The zero-order chi connectivity index (χ0) is 15.7. The number of rotatable bonds is 3. The van der Waals surface area contributed by atoms with Crippen LogP contribution < -0.4 is 0 Å². The first-order valence-corrected chi connectivity index (χ1v) is 8.50. The van der Waals surface area contributed by atoms with Crippen LogP contribution in [-0.4, -0.2) is 90.0 Å². The molecule has 0 aromatic heterocycles. The summed E-state index contributed by atoms with van der Waals surface area (Å²) in [6.45, 7) is 12.3. The van der Waals surface area contributed by atoms with Gasteiger partial charge in [0.1, 0.15) is 0 Å². The van der Waals surface area contributed by atoms with E-state index in [1.807, 2.05) is 0 Å². The van der Waals surface area contributed by atoms with Crippen molar-refractivity contribution in [1.82, 2.24) is 14.7 Å². The normalized spacial score (nSPS) is 31.0. The number of piperidine rings is 1. The fraction of sp³-hybridized carbons (Fsp3) is 0.938. The SMILES string of the molecule is CC1(C)CC(CN2CCN(C3COC3)CC2)CCN1C(=O)O. The quantitative estimate of drug-likeness (QED) is 0.848. The van der Waals surface area contributed by atoms with Crippen LogP contribution in [-0.2, 0) is 4.74 Å². The molecule has 3 heterocycles. The van der Waals surface area contributed by atoms with Gasteiger partial charge in [-0.3, -0.25) is 4.90 Å². The van der Waals surface area contributed by atoms with Crippen molar-refractivity contribution < 1.29 is 14.6 Å². The Balaban J connectivity index is 1.45. The monoisotopic (exact) mass is 311 g/mol. The number of carbonyl (C=O) groups is 1. The Kier molecular flexibility index (Phi) is 4.61. The number of likely N-dealkylation sites (tertiary alicyclic amines) is 1. The molecule has 0 aromatic rings. The fourth-order valence-electron chi connectivity index (χ4n) is 4.15. The molecule has 22 heavy (non-hydrogen) atoms. The molecule has 3 rings (SSSR count). The molecule has 0 radical (unpaired) electrons. The number of hydrogen-bond donors (Lipinski definition) is 1. The summed E-state index contributed by atoms with van der Waals surface area (Å²) in [4.78, 5) is 18.0. The minimum Gasteiger partial charge on any atom is -0.465 e. The van der Waals surface area contributed by atoms with Gasteiger partial charge >= 0.3 is 6.09 Å². The summed E-state index contributed by atoms with van der Waals surface area (Å²) in [5, 5.41) is 9.29. The highest BCUT2D eigenvalue weighted by Gasteiger charge is 2.38. The third kappa shape index (κ3) is 3.39. The zero-order valence-corrected chi connectivity index (χ0v) is 13.8. The van der Waals surface area contributed by atoms with Crippen LogP contribution >= 0.6 is 0 Å². The molecule has 1 atom stereocenters. The van der Waals surface area contributed by atoms with Crippen LogP contribution in [0.25, 0.3) is 0 Å². The van der Waals surface area contributed by atoms with Crippen molar-refractivity contribution in [3.05, 3.63) is 0 Å². The Hall–Kier alpha value is -0.850. The summed E-state index contributed by atoms with van der Waals surface area (Å²) in [6.07, 6.45) is 1.18. The van der Waals surface area contributed by atoms with Crippen LogP contribution in [0.5, 0.6) is 0 Å². The van der Waals surface area contributed by atoms with Crippen LogP contribution in [0.4, 0.5) is 4.79 Å². The van der Waals surface area contributed by atoms with Gasteiger partial charge in [0.15, 0.2) is 0 Å². The number of nitrogens with zero attached hydrogens (tertiary/aromatic N) is 3. The molecule has 3 aliphatic heterocycles. The Morgan fingerprint density at radius 2 is 1.86 bits per heavy atom. The van der Waals surface area contributed by atoms with Crippen LogP contribution in [0.15, 0.2) is 0 Å². The highest BCUT2D eigenvalue weighted by molar-refractivity contribution is 5.66. The van der Waals surface area contributed by atoms with Gasteiger partial charge in [-0.2, -0.15) is 0 Å². The van der Waals surface area contributed by atoms with Crippen molar-refractivity contribution in [2.75, 3.05) is 52.5 Å². The molecule has 3 aliphatic rings. The molecule has 3 fully saturated rings. The molecule has 126 valence electrons. The van der Waals surface area contributed by atoms with Gasteiger partial charge in [0.25, 0.3) is 0 Å². The fourth-order valence-corrected chi connectivity index (χ4v) is 4.15. The number of carboxylic acid groups (broad SMARTS) is 1. The number of hydrogen-bond acceptors (Lipinski definition) is 4. The Morgan fingerprint density at radius 1 is 1.18 bits per heavy atom. The van der Waals surface area contributed by atoms with Gasteiger partial charge in [-0.1, -0.05) is 0 Å². The minimum absolute atomic E-state index is 0.236. The Bertz CT molecular complexity index is 403. The van der Waals surface area contributed by atoms with Gasteiger partial charge in [-0.25, -0.2) is 4.79 Å². The summed E-state index contributed by atoms with van der Waals surface area (Å²) in [5.41, 5.74) is -0.236. The molecule has 1 unspecified atom stereocenters. The second-order valence-electron chi connectivity index (χ2n) is 7.63. The molecular formula is C16H29N3O3. The van der Waals surface area contributed by atoms with E-state index >= 15 is 0 Å². The topological polar surface area (TPSA) is 56.2 Å². The molecule has 6 heteroatoms. The largest absolute Gasteiger partial charge is 0.465 e. The van der Waals surface area contributed by atoms with Crippen molar-refractivity contribution >= 4 is 6.09 Å². The molecule has 0 saturated carbocycles. The van der Waals surface area contributed by atoms with Crippen LogP contribution in [0.1, 0.15) is 26.7 Å². The maximum atomic E-state index is 11.3. The summed E-state index contributed by atoms with van der Waals surface area (Å²) >= 11 is 0. The third-order valence-electron chi connectivity index (χ3n) is 5.57. The minimum atomic E-state index is -0.778. The summed E-state index contributed by atoms with van der Waals surface area (Å²) in [6, 6.07) is 0.653. The van der Waals surface area contributed by atoms with E-state index in [1.165, 1.54) is 0 Å². The lowest BCUT2D eigenvalue weighted by Gasteiger charge is -2.47. The van der Waals surface area contributed by atoms with Gasteiger partial charge < -0.3 is 19.6 Å². The van der Waals surface area contributed by atoms with Gasteiger partial charge in [0, 0.05) is 44.8 Å².